The number of hydrogen-bond acceptors (Lipinski definition) is 5. The van der Waals surface area contributed by atoms with Crippen LogP contribution in [0.2, 0.25) is 0 Å². The van der Waals surface area contributed by atoms with Crippen molar-refractivity contribution in [3.63, 3.8) is 0 Å². The number of benzene rings is 3. The van der Waals surface area contributed by atoms with Gasteiger partial charge in [-0.2, -0.15) is 0 Å². The topological polar surface area (TPSA) is 130 Å². The van der Waals surface area contributed by atoms with E-state index in [1.807, 2.05) is 24.3 Å². The van der Waals surface area contributed by atoms with Gasteiger partial charge in [-0.1, -0.05) is 24.3 Å². The van der Waals surface area contributed by atoms with Crippen molar-refractivity contribution in [1.29, 1.82) is 0 Å². The second kappa shape index (κ2) is 9.37. The minimum atomic E-state index is -0.448. The Bertz CT molecular complexity index is 1280. The molecule has 1 heterocycles. The van der Waals surface area contributed by atoms with E-state index in [2.05, 4.69) is 15.6 Å². The number of carbonyl (C=O) groups excluding carboxylic acids is 2. The molecule has 0 bridgehead atoms. The summed E-state index contributed by atoms with van der Waals surface area (Å²) in [5, 5.41) is 16.5. The smallest absolute Gasteiger partial charge is 0.269 e. The highest BCUT2D eigenvalue weighted by Gasteiger charge is 2.16. The van der Waals surface area contributed by atoms with Crippen molar-refractivity contribution < 1.29 is 14.5 Å². The summed E-state index contributed by atoms with van der Waals surface area (Å²) in [6, 6.07) is 20.8. The predicted molar refractivity (Wildman–Crippen MR) is 130 cm³/mol. The number of nitrogens with one attached hydrogen (secondary N) is 3. The van der Waals surface area contributed by atoms with Crippen molar-refractivity contribution in [2.75, 3.05) is 10.6 Å². The molecule has 34 heavy (non-hydrogen) atoms. The summed E-state index contributed by atoms with van der Waals surface area (Å²) in [5.74, 6) is 0.236. The van der Waals surface area contributed by atoms with Crippen LogP contribution < -0.4 is 10.6 Å². The Labute approximate surface area is 195 Å². The third-order valence-electron chi connectivity index (χ3n) is 5.03. The lowest BCUT2D eigenvalue weighted by molar-refractivity contribution is -0.384. The fourth-order valence-corrected chi connectivity index (χ4v) is 3.51. The van der Waals surface area contributed by atoms with E-state index in [9.17, 15) is 19.7 Å². The minimum absolute atomic E-state index is 0.00197. The van der Waals surface area contributed by atoms with Gasteiger partial charge in [-0.15, -0.1) is 0 Å². The number of rotatable bonds is 6. The van der Waals surface area contributed by atoms with Gasteiger partial charge < -0.3 is 15.6 Å². The number of nitro groups is 1. The molecular formula is C25H21N5O4. The predicted octanol–water partition coefficient (Wildman–Crippen LogP) is 5.24. The monoisotopic (exact) mass is 455 g/mol. The second-order valence-electron chi connectivity index (χ2n) is 7.63. The molecule has 1 aromatic heterocycles. The van der Waals surface area contributed by atoms with Crippen LogP contribution in [0.5, 0.6) is 0 Å². The maximum atomic E-state index is 11.3. The highest BCUT2D eigenvalue weighted by atomic mass is 16.6. The molecule has 0 saturated carbocycles. The van der Waals surface area contributed by atoms with Gasteiger partial charge in [-0.25, -0.2) is 4.98 Å². The van der Waals surface area contributed by atoms with Gasteiger partial charge in [0.05, 0.1) is 16.3 Å². The second-order valence-corrected chi connectivity index (χ2v) is 7.63. The molecule has 2 amide bonds. The van der Waals surface area contributed by atoms with E-state index in [4.69, 9.17) is 4.98 Å². The van der Waals surface area contributed by atoms with Gasteiger partial charge in [0.25, 0.3) is 5.69 Å². The quantitative estimate of drug-likeness (QED) is 0.270. The van der Waals surface area contributed by atoms with E-state index in [1.165, 1.54) is 26.0 Å². The van der Waals surface area contributed by atoms with Gasteiger partial charge in [0.2, 0.25) is 11.8 Å². The van der Waals surface area contributed by atoms with Crippen LogP contribution in [0.25, 0.3) is 33.9 Å². The summed E-state index contributed by atoms with van der Waals surface area (Å²) in [5.41, 5.74) is 5.12. The van der Waals surface area contributed by atoms with Gasteiger partial charge in [-0.3, -0.25) is 19.7 Å². The van der Waals surface area contributed by atoms with Crippen LogP contribution in [-0.2, 0) is 9.59 Å². The number of nitro benzene ring substituents is 1. The number of hydrogen-bond donors (Lipinski definition) is 3. The first-order valence-corrected chi connectivity index (χ1v) is 10.4. The van der Waals surface area contributed by atoms with Gasteiger partial charge >= 0.3 is 0 Å². The normalized spacial score (nSPS) is 10.5. The Morgan fingerprint density at radius 3 is 1.71 bits per heavy atom. The molecule has 3 aromatic carbocycles. The first-order chi connectivity index (χ1) is 16.3. The Kier molecular flexibility index (Phi) is 6.18. The summed E-state index contributed by atoms with van der Waals surface area (Å²) in [4.78, 5) is 41.3. The molecule has 9 heteroatoms. The molecule has 170 valence electrons. The first kappa shape index (κ1) is 22.4. The van der Waals surface area contributed by atoms with Crippen LogP contribution in [0.1, 0.15) is 13.8 Å². The van der Waals surface area contributed by atoms with Gasteiger partial charge in [0.15, 0.2) is 0 Å². The third-order valence-corrected chi connectivity index (χ3v) is 5.03. The summed E-state index contributed by atoms with van der Waals surface area (Å²) in [6.07, 6.45) is 0. The van der Waals surface area contributed by atoms with Crippen LogP contribution in [0.15, 0.2) is 72.8 Å². The van der Waals surface area contributed by atoms with E-state index >= 15 is 0 Å². The summed E-state index contributed by atoms with van der Waals surface area (Å²) >= 11 is 0. The zero-order valence-electron chi connectivity index (χ0n) is 18.5. The number of nitrogens with zero attached hydrogens (tertiary/aromatic N) is 2. The average Bonchev–Trinajstić information content (AvgIpc) is 3.25. The lowest BCUT2D eigenvalue weighted by atomic mass is 10.0. The Morgan fingerprint density at radius 1 is 0.765 bits per heavy atom. The number of non-ortho nitro benzene ring substituents is 1. The maximum absolute atomic E-state index is 11.3. The van der Waals surface area contributed by atoms with E-state index in [0.717, 1.165) is 16.8 Å². The SMILES string of the molecule is CC(=O)Nc1ccc(-c2nc(-c3ccc([N+](=O)[O-])cc3)[nH]c2-c2ccc(NC(C)=O)cc2)cc1. The molecule has 0 spiro atoms. The van der Waals surface area contributed by atoms with Gasteiger partial charge in [0, 0.05) is 54.0 Å². The van der Waals surface area contributed by atoms with Crippen molar-refractivity contribution in [1.82, 2.24) is 9.97 Å². The third kappa shape index (κ3) is 4.99. The lowest BCUT2D eigenvalue weighted by Gasteiger charge is -2.07. The van der Waals surface area contributed by atoms with Crippen molar-refractivity contribution >= 4 is 28.9 Å². The highest BCUT2D eigenvalue weighted by Crippen LogP contribution is 2.34. The number of aromatic amines is 1. The summed E-state index contributed by atoms with van der Waals surface area (Å²) < 4.78 is 0. The highest BCUT2D eigenvalue weighted by molar-refractivity contribution is 5.90. The average molecular weight is 455 g/mol. The number of imidazole rings is 1. The molecule has 0 atom stereocenters. The standard InChI is InChI=1S/C25H21N5O4/c1-15(31)26-20-9-3-17(4-10-20)23-24(18-5-11-21(12-6-18)27-16(2)32)29-25(28-23)19-7-13-22(14-8-19)30(33)34/h3-14H,1-2H3,(H,26,31)(H,27,32)(H,28,29). The Hall–Kier alpha value is -4.79. The molecule has 9 nitrogen and oxygen atoms in total. The van der Waals surface area contributed by atoms with E-state index < -0.39 is 4.92 Å². The van der Waals surface area contributed by atoms with Crippen molar-refractivity contribution in [2.24, 2.45) is 0 Å². The largest absolute Gasteiger partial charge is 0.337 e. The van der Waals surface area contributed by atoms with E-state index in [1.54, 1.807) is 36.4 Å². The number of aromatic nitrogens is 2. The van der Waals surface area contributed by atoms with Gasteiger partial charge in [0.1, 0.15) is 5.82 Å². The molecule has 0 fully saturated rings. The first-order valence-electron chi connectivity index (χ1n) is 10.4. The number of carbonyl (C=O) groups is 2. The molecular weight excluding hydrogens is 434 g/mol. The Morgan fingerprint density at radius 2 is 1.24 bits per heavy atom. The zero-order valence-corrected chi connectivity index (χ0v) is 18.5. The van der Waals surface area contributed by atoms with Crippen LogP contribution >= 0.6 is 0 Å². The van der Waals surface area contributed by atoms with Crippen molar-refractivity contribution in [3.05, 3.63) is 82.9 Å². The Balaban J connectivity index is 1.77. The minimum Gasteiger partial charge on any atom is -0.337 e. The van der Waals surface area contributed by atoms with Crippen LogP contribution in [-0.4, -0.2) is 26.7 Å². The maximum Gasteiger partial charge on any atom is 0.269 e. The summed E-state index contributed by atoms with van der Waals surface area (Å²) in [7, 11) is 0. The molecule has 4 aromatic rings. The van der Waals surface area contributed by atoms with Gasteiger partial charge in [-0.05, 0) is 36.4 Å². The van der Waals surface area contributed by atoms with E-state index in [0.29, 0.717) is 28.5 Å². The fraction of sp³-hybridized carbons (Fsp3) is 0.0800. The van der Waals surface area contributed by atoms with Crippen LogP contribution in [0.4, 0.5) is 17.1 Å². The van der Waals surface area contributed by atoms with Crippen molar-refractivity contribution in [2.45, 2.75) is 13.8 Å². The number of H-pyrrole nitrogens is 1. The molecule has 0 saturated heterocycles. The van der Waals surface area contributed by atoms with E-state index in [-0.39, 0.29) is 17.5 Å². The van der Waals surface area contributed by atoms with Crippen molar-refractivity contribution in [3.8, 4) is 33.9 Å². The molecule has 0 radical (unpaired) electrons. The molecule has 0 aliphatic rings. The molecule has 3 N–H and O–H groups in total. The molecule has 0 aliphatic heterocycles. The molecule has 0 unspecified atom stereocenters. The lowest BCUT2D eigenvalue weighted by Crippen LogP contribution is -2.05. The zero-order chi connectivity index (χ0) is 24.2. The summed E-state index contributed by atoms with van der Waals surface area (Å²) in [6.45, 7) is 2.89. The fourth-order valence-electron chi connectivity index (χ4n) is 3.51. The number of amides is 2. The molecule has 4 rings (SSSR count). The van der Waals surface area contributed by atoms with Crippen LogP contribution in [0, 0.1) is 10.1 Å². The number of anilines is 2. The van der Waals surface area contributed by atoms with Crippen LogP contribution in [0.3, 0.4) is 0 Å². The molecule has 0 aliphatic carbocycles.